The Labute approximate surface area is 183 Å². The molecule has 155 valence electrons. The number of aliphatic carboxylic acids is 1. The first-order valence-electron chi connectivity index (χ1n) is 8.70. The summed E-state index contributed by atoms with van der Waals surface area (Å²) in [4.78, 5) is 21.2. The summed E-state index contributed by atoms with van der Waals surface area (Å²) in [6.07, 6.45) is 1.50. The van der Waals surface area contributed by atoms with Crippen LogP contribution in [-0.2, 0) is 21.9 Å². The minimum Gasteiger partial charge on any atom is -0.872 e. The van der Waals surface area contributed by atoms with Gasteiger partial charge in [-0.3, -0.25) is 4.99 Å². The van der Waals surface area contributed by atoms with Crippen LogP contribution in [0.15, 0.2) is 71.7 Å². The topological polar surface area (TPSA) is 124 Å². The number of carbonyl (C=O) groups excluding carboxylic acids is 1. The molecule has 8 heteroatoms. The van der Waals surface area contributed by atoms with Crippen LogP contribution in [0.2, 0.25) is 0 Å². The van der Waals surface area contributed by atoms with E-state index >= 15 is 0 Å². The number of aromatic hydroxyl groups is 1. The van der Waals surface area contributed by atoms with Gasteiger partial charge in [-0.15, -0.1) is 0 Å². The fourth-order valence-corrected chi connectivity index (χ4v) is 2.64. The molecule has 0 aliphatic rings. The molecule has 1 aromatic heterocycles. The third-order valence-corrected chi connectivity index (χ3v) is 3.89. The first-order valence-corrected chi connectivity index (χ1v) is 8.70. The number of carboxylic acid groups (broad SMARTS) is 1. The normalized spacial score (nSPS) is 10.3. The maximum absolute atomic E-state index is 11.9. The van der Waals surface area contributed by atoms with E-state index in [0.29, 0.717) is 11.3 Å². The van der Waals surface area contributed by atoms with Crippen LogP contribution in [0.25, 0.3) is 22.4 Å². The molecule has 1 heterocycles. The third-order valence-electron chi connectivity index (χ3n) is 3.89. The van der Waals surface area contributed by atoms with Crippen LogP contribution in [0, 0.1) is 0 Å². The van der Waals surface area contributed by atoms with Crippen LogP contribution < -0.4 is 10.2 Å². The van der Waals surface area contributed by atoms with Crippen molar-refractivity contribution in [3.8, 4) is 22.9 Å². The van der Waals surface area contributed by atoms with Crippen molar-refractivity contribution in [2.45, 2.75) is 6.92 Å². The number of imidazole rings is 1. The van der Waals surface area contributed by atoms with E-state index in [1.54, 1.807) is 6.07 Å². The molecule has 3 aromatic carbocycles. The van der Waals surface area contributed by atoms with Crippen LogP contribution in [0.1, 0.15) is 12.5 Å². The molecule has 0 fully saturated rings. The van der Waals surface area contributed by atoms with Gasteiger partial charge in [-0.1, -0.05) is 36.1 Å². The van der Waals surface area contributed by atoms with E-state index in [0.717, 1.165) is 29.3 Å². The molecular weight excluding hydrogens is 434 g/mol. The summed E-state index contributed by atoms with van der Waals surface area (Å²) < 4.78 is 0. The Morgan fingerprint density at radius 3 is 2.47 bits per heavy atom. The van der Waals surface area contributed by atoms with E-state index < -0.39 is 5.97 Å². The molecule has 4 rings (SSSR count). The number of nitrogens with zero attached hydrogens (tertiary/aromatic N) is 2. The summed E-state index contributed by atoms with van der Waals surface area (Å²) in [7, 11) is 0. The number of benzene rings is 3. The second-order valence-corrected chi connectivity index (χ2v) is 6.09. The van der Waals surface area contributed by atoms with Gasteiger partial charge in [0.15, 0.2) is 0 Å². The van der Waals surface area contributed by atoms with E-state index in [1.807, 2.05) is 48.5 Å². The Kier molecular flexibility index (Phi) is 7.75. The van der Waals surface area contributed by atoms with Crippen LogP contribution >= 0.6 is 0 Å². The number of hydrogen-bond donors (Lipinski definition) is 2. The van der Waals surface area contributed by atoms with E-state index in [9.17, 15) is 10.2 Å². The summed E-state index contributed by atoms with van der Waals surface area (Å²) in [5, 5.41) is 30.1. The minimum atomic E-state index is -1.08. The molecule has 30 heavy (non-hydrogen) atoms. The standard InChI is InChI=1S/C20H15N3O2.C2H4O2.Cu/c24-14-10-9-13(19(25)11-14)12-21-16-6-2-1-5-15(16)20-22-17-7-3-4-8-18(17)23-20;1-2(3)4;/h1-12,24-25H,(H,22,23);1H3,(H,3,4);/q;;+2/p-2. The summed E-state index contributed by atoms with van der Waals surface area (Å²) in [6.45, 7) is 0.972. The number of para-hydroxylation sites is 3. The number of aliphatic imine (C=N–C) groups is 1. The number of rotatable bonds is 3. The van der Waals surface area contributed by atoms with E-state index in [4.69, 9.17) is 9.90 Å². The van der Waals surface area contributed by atoms with Gasteiger partial charge in [-0.25, -0.2) is 4.98 Å². The van der Waals surface area contributed by atoms with Gasteiger partial charge in [0.05, 0.1) is 16.7 Å². The molecule has 0 bridgehead atoms. The van der Waals surface area contributed by atoms with Gasteiger partial charge in [0, 0.05) is 17.7 Å². The van der Waals surface area contributed by atoms with Crippen molar-refractivity contribution in [2.24, 2.45) is 4.99 Å². The molecule has 2 N–H and O–H groups in total. The second-order valence-electron chi connectivity index (χ2n) is 6.09. The number of carboxylic acids is 1. The van der Waals surface area contributed by atoms with Gasteiger partial charge in [0.25, 0.3) is 0 Å². The smallest absolute Gasteiger partial charge is 0.872 e. The zero-order chi connectivity index (χ0) is 20.8. The van der Waals surface area contributed by atoms with E-state index in [2.05, 4.69) is 15.0 Å². The molecular formula is C22H17CuN3O4. The zero-order valence-electron chi connectivity index (χ0n) is 15.8. The van der Waals surface area contributed by atoms with Crippen LogP contribution in [0.5, 0.6) is 11.5 Å². The van der Waals surface area contributed by atoms with Gasteiger partial charge in [-0.05, 0) is 48.9 Å². The van der Waals surface area contributed by atoms with Gasteiger partial charge in [-0.2, -0.15) is 0 Å². The summed E-state index contributed by atoms with van der Waals surface area (Å²) >= 11 is 0. The fraction of sp³-hybridized carbons (Fsp3) is 0.0455. The average molecular weight is 451 g/mol. The number of nitrogens with one attached hydrogen (secondary N) is 1. The van der Waals surface area contributed by atoms with Gasteiger partial charge < -0.3 is 25.1 Å². The first kappa shape index (κ1) is 22.7. The van der Waals surface area contributed by atoms with Crippen molar-refractivity contribution in [2.75, 3.05) is 0 Å². The Hall–Kier alpha value is -3.61. The van der Waals surface area contributed by atoms with Gasteiger partial charge in [0.2, 0.25) is 0 Å². The molecule has 0 aliphatic carbocycles. The Morgan fingerprint density at radius 2 is 1.77 bits per heavy atom. The van der Waals surface area contributed by atoms with Crippen molar-refractivity contribution < 1.29 is 37.2 Å². The van der Waals surface area contributed by atoms with E-state index in [1.165, 1.54) is 18.3 Å². The number of fused-ring (bicyclic) bond motifs is 1. The predicted octanol–water partition coefficient (Wildman–Crippen LogP) is 2.51. The van der Waals surface area contributed by atoms with Gasteiger partial charge in [0.1, 0.15) is 11.6 Å². The number of aromatic amines is 1. The van der Waals surface area contributed by atoms with Gasteiger partial charge >= 0.3 is 17.1 Å². The number of carbonyl (C=O) groups is 1. The van der Waals surface area contributed by atoms with Crippen LogP contribution in [-0.4, -0.2) is 27.3 Å². The molecule has 0 saturated carbocycles. The molecule has 4 aromatic rings. The molecule has 0 saturated heterocycles. The Morgan fingerprint density at radius 1 is 1.10 bits per heavy atom. The van der Waals surface area contributed by atoms with Crippen molar-refractivity contribution in [1.82, 2.24) is 9.97 Å². The fourth-order valence-electron chi connectivity index (χ4n) is 2.64. The maximum atomic E-state index is 11.9. The van der Waals surface area contributed by atoms with Crippen molar-refractivity contribution >= 4 is 28.9 Å². The molecule has 0 spiro atoms. The monoisotopic (exact) mass is 450 g/mol. The molecule has 0 unspecified atom stereocenters. The van der Waals surface area contributed by atoms with E-state index in [-0.39, 0.29) is 28.6 Å². The second kappa shape index (κ2) is 10.2. The number of H-pyrrole nitrogens is 1. The third kappa shape index (κ3) is 5.70. The average Bonchev–Trinajstić information content (AvgIpc) is 3.11. The molecule has 0 aliphatic heterocycles. The summed E-state index contributed by atoms with van der Waals surface area (Å²) in [5.41, 5.74) is 3.81. The first-order chi connectivity index (χ1) is 13.9. The number of hydrogen-bond acceptors (Lipinski definition) is 6. The molecule has 1 radical (unpaired) electrons. The Balaban J connectivity index is 0.000000591. The SMILES string of the molecule is CC(=O)[O-].[Cu+2].[O-]c1cc(O)ccc1C=Nc1ccccc1-c1nc2ccccc2[nH]1. The zero-order valence-corrected chi connectivity index (χ0v) is 16.7. The maximum Gasteiger partial charge on any atom is 2.00 e. The Bertz CT molecular complexity index is 1150. The van der Waals surface area contributed by atoms with Crippen LogP contribution in [0.4, 0.5) is 5.69 Å². The summed E-state index contributed by atoms with van der Waals surface area (Å²) in [5.74, 6) is -0.684. The summed E-state index contributed by atoms with van der Waals surface area (Å²) in [6, 6.07) is 19.6. The molecule has 0 amide bonds. The number of aromatic nitrogens is 2. The van der Waals surface area contributed by atoms with Crippen molar-refractivity contribution in [1.29, 1.82) is 0 Å². The van der Waals surface area contributed by atoms with Crippen molar-refractivity contribution in [3.63, 3.8) is 0 Å². The molecule has 7 nitrogen and oxygen atoms in total. The van der Waals surface area contributed by atoms with Crippen molar-refractivity contribution in [3.05, 3.63) is 72.3 Å². The number of phenols is 1. The minimum absolute atomic E-state index is 0. The van der Waals surface area contributed by atoms with Crippen LogP contribution in [0.3, 0.4) is 0 Å². The number of phenolic OH excluding ortho intramolecular Hbond substituents is 1. The molecule has 0 atom stereocenters. The quantitative estimate of drug-likeness (QED) is 0.366. The largest absolute Gasteiger partial charge is 2.00 e. The predicted molar refractivity (Wildman–Crippen MR) is 107 cm³/mol.